The molecule has 4 aromatic carbocycles. The molecule has 2 heterocycles. The van der Waals surface area contributed by atoms with Gasteiger partial charge >= 0.3 is 0 Å². The van der Waals surface area contributed by atoms with Crippen LogP contribution in [0.1, 0.15) is 68.5 Å². The highest BCUT2D eigenvalue weighted by Gasteiger charge is 2.23. The van der Waals surface area contributed by atoms with Gasteiger partial charge in [0.05, 0.1) is 0 Å². The Labute approximate surface area is 325 Å². The number of hydrogen-bond donors (Lipinski definition) is 0. The summed E-state index contributed by atoms with van der Waals surface area (Å²) in [5.74, 6) is 0.00642. The van der Waals surface area contributed by atoms with Crippen LogP contribution >= 0.6 is 0 Å². The minimum Gasteiger partial charge on any atom is -0.318 e. The lowest BCUT2D eigenvalue weighted by atomic mass is 9.82. The van der Waals surface area contributed by atoms with Gasteiger partial charge in [-0.25, -0.2) is 8.78 Å². The fourth-order valence-electron chi connectivity index (χ4n) is 8.15. The standard InChI is InChI=1S/2C24H22FNO2/c1-15-10-18(14-26(2)24(15)28)22-8-6-17-13-20(27)7-9-21(17)23(22)12-16-4-3-5-19(25)11-16;1-15-8-20(14-26(2)24(15)28)23-13-17-6-7-22(27)12-18(17)11-19(23)9-16-4-3-5-21(25)10-16/h3-6,8,10-11,14H,7,9,12-13H2,1-2H3;3-5,8,10-11,13-14H,6-7,9,12H2,1-2H3. The number of rotatable bonds is 6. The van der Waals surface area contributed by atoms with Crippen LogP contribution in [0.5, 0.6) is 0 Å². The maximum absolute atomic E-state index is 13.8. The summed E-state index contributed by atoms with van der Waals surface area (Å²) < 4.78 is 30.6. The van der Waals surface area contributed by atoms with Gasteiger partial charge in [0.2, 0.25) is 0 Å². The van der Waals surface area contributed by atoms with Crippen LogP contribution in [0.2, 0.25) is 0 Å². The van der Waals surface area contributed by atoms with Crippen LogP contribution in [0.15, 0.2) is 107 Å². The highest BCUT2D eigenvalue weighted by molar-refractivity contribution is 5.85. The Morgan fingerprint density at radius 2 is 1.11 bits per heavy atom. The normalized spacial score (nSPS) is 13.5. The van der Waals surface area contributed by atoms with Crippen LogP contribution in [-0.2, 0) is 62.2 Å². The molecule has 0 N–H and O–H groups in total. The number of benzene rings is 4. The first-order valence-electron chi connectivity index (χ1n) is 19.0. The molecule has 6 aromatic rings. The van der Waals surface area contributed by atoms with E-state index in [1.165, 1.54) is 23.3 Å². The van der Waals surface area contributed by atoms with E-state index < -0.39 is 0 Å². The number of halogens is 2. The van der Waals surface area contributed by atoms with E-state index in [4.69, 9.17) is 0 Å². The van der Waals surface area contributed by atoms with Gasteiger partial charge in [-0.3, -0.25) is 19.2 Å². The lowest BCUT2D eigenvalue weighted by molar-refractivity contribution is -0.119. The van der Waals surface area contributed by atoms with E-state index in [1.54, 1.807) is 47.5 Å². The zero-order valence-electron chi connectivity index (χ0n) is 32.2. The van der Waals surface area contributed by atoms with Gasteiger partial charge < -0.3 is 9.13 Å². The topological polar surface area (TPSA) is 78.1 Å². The first kappa shape index (κ1) is 38.3. The van der Waals surface area contributed by atoms with E-state index in [-0.39, 0.29) is 34.3 Å². The van der Waals surface area contributed by atoms with Crippen molar-refractivity contribution in [1.29, 1.82) is 0 Å². The van der Waals surface area contributed by atoms with Gasteiger partial charge in [0.1, 0.15) is 23.2 Å². The predicted octanol–water partition coefficient (Wildman–Crippen LogP) is 8.30. The Hall–Kier alpha value is -6.02. The molecular weight excluding hydrogens is 707 g/mol. The van der Waals surface area contributed by atoms with Crippen LogP contribution < -0.4 is 11.1 Å². The largest absolute Gasteiger partial charge is 0.318 e. The number of Topliss-reactive ketones (excluding diaryl/α,β-unsaturated/α-hetero) is 2. The molecule has 0 atom stereocenters. The van der Waals surface area contributed by atoms with Crippen LogP contribution in [0.25, 0.3) is 22.3 Å². The number of aryl methyl sites for hydroxylation is 5. The van der Waals surface area contributed by atoms with E-state index in [9.17, 15) is 28.0 Å². The van der Waals surface area contributed by atoms with Crippen LogP contribution in [-0.4, -0.2) is 20.7 Å². The molecule has 2 aliphatic rings. The number of fused-ring (bicyclic) bond motifs is 2. The molecule has 284 valence electrons. The average molecular weight is 751 g/mol. The van der Waals surface area contributed by atoms with Crippen molar-refractivity contribution >= 4 is 11.6 Å². The van der Waals surface area contributed by atoms with Gasteiger partial charge in [0.25, 0.3) is 11.1 Å². The molecule has 2 aliphatic carbocycles. The van der Waals surface area contributed by atoms with Crippen LogP contribution in [0, 0.1) is 25.5 Å². The summed E-state index contributed by atoms with van der Waals surface area (Å²) >= 11 is 0. The second kappa shape index (κ2) is 16.0. The van der Waals surface area contributed by atoms with E-state index in [1.807, 2.05) is 62.6 Å². The van der Waals surface area contributed by atoms with Crippen molar-refractivity contribution in [2.75, 3.05) is 0 Å². The third kappa shape index (κ3) is 8.30. The van der Waals surface area contributed by atoms with Gasteiger partial charge in [-0.1, -0.05) is 48.5 Å². The zero-order chi connectivity index (χ0) is 39.7. The molecule has 2 aromatic heterocycles. The third-order valence-corrected chi connectivity index (χ3v) is 11.0. The lowest BCUT2D eigenvalue weighted by Gasteiger charge is -2.23. The number of carbonyl (C=O) groups excluding carboxylic acids is 2. The Morgan fingerprint density at radius 1 is 0.554 bits per heavy atom. The highest BCUT2D eigenvalue weighted by atomic mass is 19.1. The molecule has 0 saturated heterocycles. The third-order valence-electron chi connectivity index (χ3n) is 11.0. The monoisotopic (exact) mass is 750 g/mol. The molecule has 0 amide bonds. The number of nitrogens with zero attached hydrogens (tertiary/aromatic N) is 2. The summed E-state index contributed by atoms with van der Waals surface area (Å²) in [7, 11) is 3.50. The highest BCUT2D eigenvalue weighted by Crippen LogP contribution is 2.35. The molecule has 0 saturated carbocycles. The van der Waals surface area contributed by atoms with E-state index >= 15 is 0 Å². The molecule has 0 spiro atoms. The number of carbonyl (C=O) groups is 2. The number of pyridine rings is 2. The number of ketones is 2. The van der Waals surface area contributed by atoms with Crippen molar-refractivity contribution < 1.29 is 18.4 Å². The van der Waals surface area contributed by atoms with Crippen molar-refractivity contribution in [2.24, 2.45) is 14.1 Å². The summed E-state index contributed by atoms with van der Waals surface area (Å²) in [5.41, 5.74) is 13.8. The molecule has 0 unspecified atom stereocenters. The van der Waals surface area contributed by atoms with Gasteiger partial charge in [0.15, 0.2) is 0 Å². The van der Waals surface area contributed by atoms with Crippen molar-refractivity contribution in [1.82, 2.24) is 9.13 Å². The van der Waals surface area contributed by atoms with Crippen molar-refractivity contribution in [3.05, 3.63) is 185 Å². The maximum atomic E-state index is 13.8. The average Bonchev–Trinajstić information content (AvgIpc) is 3.15. The second-order valence-electron chi connectivity index (χ2n) is 15.2. The zero-order valence-corrected chi connectivity index (χ0v) is 32.2. The van der Waals surface area contributed by atoms with E-state index in [0.717, 1.165) is 62.1 Å². The van der Waals surface area contributed by atoms with Crippen molar-refractivity contribution in [3.63, 3.8) is 0 Å². The lowest BCUT2D eigenvalue weighted by Crippen LogP contribution is -2.19. The fourth-order valence-corrected chi connectivity index (χ4v) is 8.15. The van der Waals surface area contributed by atoms with Crippen LogP contribution in [0.4, 0.5) is 8.78 Å². The molecule has 0 bridgehead atoms. The quantitative estimate of drug-likeness (QED) is 0.172. The predicted molar refractivity (Wildman–Crippen MR) is 216 cm³/mol. The number of aromatic nitrogens is 2. The molecule has 8 rings (SSSR count). The maximum Gasteiger partial charge on any atom is 0.253 e. The summed E-state index contributed by atoms with van der Waals surface area (Å²) in [5, 5.41) is 0. The fraction of sp³-hybridized carbons (Fsp3) is 0.250. The van der Waals surface area contributed by atoms with Gasteiger partial charge in [0, 0.05) is 63.3 Å². The smallest absolute Gasteiger partial charge is 0.253 e. The molecule has 0 radical (unpaired) electrons. The Balaban J connectivity index is 0.000000172. The molecule has 56 heavy (non-hydrogen) atoms. The minimum atomic E-state index is -0.259. The van der Waals surface area contributed by atoms with Gasteiger partial charge in [-0.2, -0.15) is 0 Å². The van der Waals surface area contributed by atoms with E-state index in [2.05, 4.69) is 12.1 Å². The molecule has 6 nitrogen and oxygen atoms in total. The second-order valence-corrected chi connectivity index (χ2v) is 15.2. The van der Waals surface area contributed by atoms with Crippen LogP contribution in [0.3, 0.4) is 0 Å². The van der Waals surface area contributed by atoms with Gasteiger partial charge in [-0.05, 0) is 143 Å². The summed E-state index contributed by atoms with van der Waals surface area (Å²) in [6, 6.07) is 25.4. The Kier molecular flexibility index (Phi) is 10.9. The summed E-state index contributed by atoms with van der Waals surface area (Å²) in [4.78, 5) is 48.1. The Morgan fingerprint density at radius 3 is 1.70 bits per heavy atom. The minimum absolute atomic E-state index is 0.0148. The Bertz CT molecular complexity index is 2530. The molecule has 0 fully saturated rings. The summed E-state index contributed by atoms with van der Waals surface area (Å²) in [6.45, 7) is 3.63. The number of hydrogen-bond acceptors (Lipinski definition) is 4. The summed E-state index contributed by atoms with van der Waals surface area (Å²) in [6.07, 6.45) is 8.32. The first-order chi connectivity index (χ1) is 26.8. The van der Waals surface area contributed by atoms with Gasteiger partial charge in [-0.15, -0.1) is 0 Å². The molecular formula is C48H44F2N2O4. The van der Waals surface area contributed by atoms with E-state index in [0.29, 0.717) is 56.1 Å². The van der Waals surface area contributed by atoms with Crippen molar-refractivity contribution in [3.8, 4) is 22.3 Å². The first-order valence-corrected chi connectivity index (χ1v) is 19.0. The molecule has 8 heteroatoms. The van der Waals surface area contributed by atoms with Crippen molar-refractivity contribution in [2.45, 2.75) is 65.2 Å². The molecule has 0 aliphatic heterocycles. The SMILES string of the molecule is Cc1cc(-c2cc3c(cc2Cc2cccc(F)c2)CC(=O)CC3)cn(C)c1=O.Cc1cc(-c2ccc3c(c2Cc2cccc(F)c2)CCC(=O)C3)cn(C)c1=O.